The number of carbonyl (C=O) groups is 3. The number of Topliss-reactive ketones (excluding diaryl/α,β-unsaturated/α-hetero) is 3. The summed E-state index contributed by atoms with van der Waals surface area (Å²) in [6.45, 7) is 29.2. The molecule has 54 heavy (non-hydrogen) atoms. The molecule has 6 heteroatoms. The van der Waals surface area contributed by atoms with Crippen molar-refractivity contribution in [1.82, 2.24) is 0 Å². The second-order valence-corrected chi connectivity index (χ2v) is 18.3. The summed E-state index contributed by atoms with van der Waals surface area (Å²) in [6.07, 6.45) is 13.1. The lowest BCUT2D eigenvalue weighted by atomic mass is 9.39. The Labute approximate surface area is 325 Å². The lowest BCUT2D eigenvalue weighted by molar-refractivity contribution is -0.188. The average Bonchev–Trinajstić information content (AvgIpc) is 3.05. The van der Waals surface area contributed by atoms with E-state index in [1.54, 1.807) is 18.2 Å². The van der Waals surface area contributed by atoms with Gasteiger partial charge < -0.3 is 14.2 Å². The van der Waals surface area contributed by atoms with E-state index in [9.17, 15) is 0 Å². The quantitative estimate of drug-likeness (QED) is 0.0818. The lowest BCUT2D eigenvalue weighted by Crippen LogP contribution is -2.69. The Morgan fingerprint density at radius 2 is 1.20 bits per heavy atom. The van der Waals surface area contributed by atoms with Gasteiger partial charge in [-0.3, -0.25) is 14.4 Å². The molecule has 1 aromatic carbocycles. The van der Waals surface area contributed by atoms with Crippen LogP contribution in [0.25, 0.3) is 0 Å². The second-order valence-electron chi connectivity index (χ2n) is 18.3. The molecule has 2 aliphatic carbocycles. The van der Waals surface area contributed by atoms with Gasteiger partial charge in [-0.25, -0.2) is 0 Å². The smallest absolute Gasteiger partial charge is 0.200 e. The zero-order valence-electron chi connectivity index (χ0n) is 35.7. The van der Waals surface area contributed by atoms with E-state index >= 15 is 14.4 Å². The van der Waals surface area contributed by atoms with E-state index in [1.165, 1.54) is 11.1 Å². The van der Waals surface area contributed by atoms with Crippen molar-refractivity contribution in [2.75, 3.05) is 13.2 Å². The van der Waals surface area contributed by atoms with Gasteiger partial charge in [-0.1, -0.05) is 59.9 Å². The number of hydrogen-bond donors (Lipinski definition) is 0. The topological polar surface area (TPSA) is 78.9 Å². The van der Waals surface area contributed by atoms with E-state index in [0.29, 0.717) is 43.1 Å². The first-order valence-electron chi connectivity index (χ1n) is 19.7. The molecule has 1 heterocycles. The molecule has 0 amide bonds. The van der Waals surface area contributed by atoms with Crippen LogP contribution in [0.5, 0.6) is 11.5 Å². The minimum absolute atomic E-state index is 0.00695. The van der Waals surface area contributed by atoms with Crippen LogP contribution in [0.1, 0.15) is 139 Å². The van der Waals surface area contributed by atoms with Crippen molar-refractivity contribution in [3.05, 3.63) is 93.3 Å². The highest BCUT2D eigenvalue weighted by atomic mass is 16.5. The van der Waals surface area contributed by atoms with Gasteiger partial charge >= 0.3 is 0 Å². The van der Waals surface area contributed by atoms with E-state index in [1.807, 2.05) is 73.6 Å². The number of benzene rings is 1. The predicted octanol–water partition coefficient (Wildman–Crippen LogP) is 11.9. The fourth-order valence-electron chi connectivity index (χ4n) is 8.53. The molecule has 3 aliphatic rings. The molecule has 0 N–H and O–H groups in total. The van der Waals surface area contributed by atoms with Crippen LogP contribution < -0.4 is 9.47 Å². The second kappa shape index (κ2) is 16.4. The van der Waals surface area contributed by atoms with Gasteiger partial charge in [0.15, 0.2) is 28.8 Å². The van der Waals surface area contributed by atoms with Gasteiger partial charge in [-0.05, 0) is 157 Å². The Morgan fingerprint density at radius 1 is 0.704 bits per heavy atom. The summed E-state index contributed by atoms with van der Waals surface area (Å²) in [5.41, 5.74) is 1.86. The van der Waals surface area contributed by atoms with Gasteiger partial charge in [0.1, 0.15) is 35.6 Å². The lowest BCUT2D eigenvalue weighted by Gasteiger charge is -2.64. The first-order chi connectivity index (χ1) is 25.1. The molecule has 1 spiro atoms. The van der Waals surface area contributed by atoms with Crippen LogP contribution in [0, 0.1) is 28.1 Å². The largest absolute Gasteiger partial charge is 0.490 e. The van der Waals surface area contributed by atoms with Gasteiger partial charge in [-0.2, -0.15) is 0 Å². The SMILES string of the molecule is CC(C)=CCOc1ccc(C(=O)C2=C3OC(C)(C)[C@@H](CC=C(C)C)C[C@@]34C[C@@H](CC=C(C)C)C(C)(C)[C@@](CC=C(C)C)(C2=O)C4=O)cc1OCC=C(C)C. The molecule has 1 saturated heterocycles. The highest BCUT2D eigenvalue weighted by Crippen LogP contribution is 2.69. The van der Waals surface area contributed by atoms with Crippen LogP contribution in [0.2, 0.25) is 0 Å². The first-order valence-corrected chi connectivity index (χ1v) is 19.7. The first kappa shape index (κ1) is 42.8. The van der Waals surface area contributed by atoms with Crippen LogP contribution >= 0.6 is 0 Å². The average molecular weight is 739 g/mol. The van der Waals surface area contributed by atoms with Crippen molar-refractivity contribution in [1.29, 1.82) is 0 Å². The van der Waals surface area contributed by atoms with Crippen LogP contribution in [0.15, 0.2) is 87.8 Å². The van der Waals surface area contributed by atoms with Gasteiger partial charge in [0.25, 0.3) is 0 Å². The number of ketones is 3. The Morgan fingerprint density at radius 3 is 1.74 bits per heavy atom. The van der Waals surface area contributed by atoms with Crippen molar-refractivity contribution in [2.45, 2.75) is 135 Å². The van der Waals surface area contributed by atoms with Crippen molar-refractivity contribution in [2.24, 2.45) is 28.1 Å². The Balaban J connectivity index is 2.04. The van der Waals surface area contributed by atoms with Crippen molar-refractivity contribution in [3.8, 4) is 11.5 Å². The number of fused-ring (bicyclic) bond motifs is 1. The molecule has 0 unspecified atom stereocenters. The maximum atomic E-state index is 15.7. The zero-order valence-corrected chi connectivity index (χ0v) is 35.7. The van der Waals surface area contributed by atoms with E-state index in [2.05, 4.69) is 53.7 Å². The van der Waals surface area contributed by atoms with Crippen LogP contribution in [0.3, 0.4) is 0 Å². The van der Waals surface area contributed by atoms with Gasteiger partial charge in [0, 0.05) is 11.5 Å². The van der Waals surface area contributed by atoms with E-state index in [4.69, 9.17) is 14.2 Å². The molecule has 4 atom stereocenters. The van der Waals surface area contributed by atoms with E-state index in [-0.39, 0.29) is 35.4 Å². The number of hydrogen-bond acceptors (Lipinski definition) is 6. The summed E-state index contributed by atoms with van der Waals surface area (Å²) in [5, 5.41) is 0. The fourth-order valence-corrected chi connectivity index (χ4v) is 8.53. The highest BCUT2D eigenvalue weighted by Gasteiger charge is 2.74. The number of allylic oxidation sites excluding steroid dienone is 10. The van der Waals surface area contributed by atoms with Crippen LogP contribution in [0.4, 0.5) is 0 Å². The Hall–Kier alpha value is -3.93. The summed E-state index contributed by atoms with van der Waals surface area (Å²) in [6, 6.07) is 5.12. The molecule has 2 fully saturated rings. The maximum Gasteiger partial charge on any atom is 0.200 e. The standard InChI is InChI=1S/C48H66O6/c1-30(2)15-18-36-28-47-29-37(19-16-31(3)4)46(13,14)54-43(47)40(42(50)48(44(47)51,45(36,11)12)24-21-32(5)6)41(49)35-17-20-38(52-25-22-33(7)8)39(27-35)53-26-23-34(9)10/h15-17,20-23,27,36-37H,18-19,24-26,28-29H2,1-14H3/t36-,37+,47+,48+/m1/s1. The monoisotopic (exact) mass is 738 g/mol. The van der Waals surface area contributed by atoms with Crippen molar-refractivity contribution >= 4 is 17.3 Å². The van der Waals surface area contributed by atoms with Gasteiger partial charge in [0.2, 0.25) is 0 Å². The van der Waals surface area contributed by atoms with E-state index in [0.717, 1.165) is 29.6 Å². The molecular weight excluding hydrogens is 673 g/mol. The van der Waals surface area contributed by atoms with Gasteiger partial charge in [-0.15, -0.1) is 0 Å². The molecule has 4 rings (SSSR count). The van der Waals surface area contributed by atoms with E-state index < -0.39 is 33.4 Å². The molecule has 0 aromatic heterocycles. The van der Waals surface area contributed by atoms with Gasteiger partial charge in [0.05, 0.1) is 5.41 Å². The molecule has 1 aliphatic heterocycles. The molecule has 6 nitrogen and oxygen atoms in total. The maximum absolute atomic E-state index is 15.7. The third kappa shape index (κ3) is 8.33. The minimum Gasteiger partial charge on any atom is -0.490 e. The highest BCUT2D eigenvalue weighted by molar-refractivity contribution is 6.35. The zero-order chi connectivity index (χ0) is 40.4. The Kier molecular flexibility index (Phi) is 13.0. The third-order valence-electron chi connectivity index (χ3n) is 12.1. The molecule has 0 radical (unpaired) electrons. The fraction of sp³-hybridized carbons (Fsp3) is 0.562. The summed E-state index contributed by atoms with van der Waals surface area (Å²) in [7, 11) is 0. The molecule has 294 valence electrons. The number of ether oxygens (including phenoxy) is 3. The summed E-state index contributed by atoms with van der Waals surface area (Å²) >= 11 is 0. The van der Waals surface area contributed by atoms with Crippen LogP contribution in [-0.2, 0) is 14.3 Å². The third-order valence-corrected chi connectivity index (χ3v) is 12.1. The number of rotatable bonds is 14. The summed E-state index contributed by atoms with van der Waals surface area (Å²) in [5.74, 6) is 0.193. The van der Waals surface area contributed by atoms with Crippen molar-refractivity contribution in [3.63, 3.8) is 0 Å². The van der Waals surface area contributed by atoms with Crippen molar-refractivity contribution < 1.29 is 28.6 Å². The summed E-state index contributed by atoms with van der Waals surface area (Å²) in [4.78, 5) is 46.6. The summed E-state index contributed by atoms with van der Waals surface area (Å²) < 4.78 is 19.3. The molecule has 1 saturated carbocycles. The predicted molar refractivity (Wildman–Crippen MR) is 220 cm³/mol. The number of carbonyl (C=O) groups excluding carboxylic acids is 3. The minimum atomic E-state index is -1.46. The Bertz CT molecular complexity index is 1820. The molecule has 1 aromatic rings. The normalized spacial score (nSPS) is 25.0. The van der Waals surface area contributed by atoms with Crippen LogP contribution in [-0.4, -0.2) is 36.2 Å². The molecular formula is C48H66O6. The molecule has 2 bridgehead atoms.